The number of aliphatic imine (C=N–C) groups is 1. The van der Waals surface area contributed by atoms with Crippen LogP contribution in [-0.4, -0.2) is 70.8 Å². The number of aliphatic hydroxyl groups excluding tert-OH is 2. The predicted octanol–water partition coefficient (Wildman–Crippen LogP) is 7.22. The summed E-state index contributed by atoms with van der Waals surface area (Å²) < 4.78 is 18.9. The lowest BCUT2D eigenvalue weighted by Gasteiger charge is -2.29. The molecule has 9 nitrogen and oxygen atoms in total. The fourth-order valence-corrected chi connectivity index (χ4v) is 6.87. The molecule has 1 unspecified atom stereocenters. The second-order valence-corrected chi connectivity index (χ2v) is 13.7. The van der Waals surface area contributed by atoms with E-state index in [2.05, 4.69) is 53.0 Å². The number of aliphatic hydroxyl groups is 2. The fraction of sp³-hybridized carbons (Fsp3) is 0.390. The second kappa shape index (κ2) is 17.2. The first-order valence-corrected chi connectivity index (χ1v) is 18.0. The molecule has 1 saturated heterocycles. The molecule has 0 saturated carbocycles. The number of hydrogen-bond acceptors (Lipinski definition) is 9. The van der Waals surface area contributed by atoms with Crippen molar-refractivity contribution in [1.29, 1.82) is 5.26 Å². The van der Waals surface area contributed by atoms with Crippen LogP contribution in [0, 0.1) is 25.2 Å². The van der Waals surface area contributed by atoms with Gasteiger partial charge < -0.3 is 29.3 Å². The summed E-state index contributed by atoms with van der Waals surface area (Å²) in [6.07, 6.45) is 6.41. The summed E-state index contributed by atoms with van der Waals surface area (Å²) in [5, 5.41) is 29.5. The third-order valence-corrected chi connectivity index (χ3v) is 10.0. The molecule has 0 spiro atoms. The molecule has 2 N–H and O–H groups in total. The van der Waals surface area contributed by atoms with Gasteiger partial charge in [-0.05, 0) is 92.0 Å². The highest BCUT2D eigenvalue weighted by Crippen LogP contribution is 2.37. The SMILES string of the molecule is Cc1c(COc2cc(OCc3cncc(C#N)c3)c(C3=NCC(O)CC3)cc2Cl)cccc1-c1cccc(OCCCN2CCC(O)CC2)c1C. The topological polar surface area (TPSA) is 120 Å². The summed E-state index contributed by atoms with van der Waals surface area (Å²) in [5.74, 6) is 1.92. The number of likely N-dealkylation sites (tertiary alicyclic amines) is 1. The first-order chi connectivity index (χ1) is 24.8. The van der Waals surface area contributed by atoms with Crippen LogP contribution in [0.3, 0.4) is 0 Å². The Morgan fingerprint density at radius 3 is 2.37 bits per heavy atom. The predicted molar refractivity (Wildman–Crippen MR) is 199 cm³/mol. The van der Waals surface area contributed by atoms with E-state index in [0.717, 1.165) is 89.3 Å². The lowest BCUT2D eigenvalue weighted by atomic mass is 9.93. The molecule has 4 aromatic rings. The maximum atomic E-state index is 10.0. The van der Waals surface area contributed by atoms with Crippen LogP contribution in [0.4, 0.5) is 0 Å². The van der Waals surface area contributed by atoms with Gasteiger partial charge >= 0.3 is 0 Å². The second-order valence-electron chi connectivity index (χ2n) is 13.3. The van der Waals surface area contributed by atoms with Gasteiger partial charge in [-0.25, -0.2) is 0 Å². The van der Waals surface area contributed by atoms with Crippen LogP contribution in [0.1, 0.15) is 65.5 Å². The van der Waals surface area contributed by atoms with Crippen molar-refractivity contribution in [3.05, 3.63) is 105 Å². The Bertz CT molecular complexity index is 1900. The van der Waals surface area contributed by atoms with Crippen molar-refractivity contribution in [2.45, 2.75) is 71.4 Å². The fourth-order valence-electron chi connectivity index (χ4n) is 6.65. The number of piperidine rings is 1. The maximum Gasteiger partial charge on any atom is 0.142 e. The van der Waals surface area contributed by atoms with Crippen LogP contribution in [0.25, 0.3) is 11.1 Å². The smallest absolute Gasteiger partial charge is 0.142 e. The molecule has 266 valence electrons. The number of rotatable bonds is 13. The molecule has 1 fully saturated rings. The van der Waals surface area contributed by atoms with E-state index in [0.29, 0.717) is 54.7 Å². The summed E-state index contributed by atoms with van der Waals surface area (Å²) in [6.45, 7) is 8.52. The van der Waals surface area contributed by atoms with Gasteiger partial charge in [-0.1, -0.05) is 41.9 Å². The van der Waals surface area contributed by atoms with Gasteiger partial charge in [-0.3, -0.25) is 9.98 Å². The zero-order chi connectivity index (χ0) is 35.7. The minimum absolute atomic E-state index is 0.156. The van der Waals surface area contributed by atoms with Crippen molar-refractivity contribution in [2.24, 2.45) is 4.99 Å². The van der Waals surface area contributed by atoms with Crippen LogP contribution in [0.15, 0.2) is 72.0 Å². The number of halogens is 1. The molecule has 1 aromatic heterocycles. The van der Waals surface area contributed by atoms with Gasteiger partial charge in [-0.15, -0.1) is 0 Å². The van der Waals surface area contributed by atoms with E-state index < -0.39 is 6.10 Å². The van der Waals surface area contributed by atoms with E-state index in [1.165, 1.54) is 6.20 Å². The minimum atomic E-state index is -0.458. The summed E-state index contributed by atoms with van der Waals surface area (Å²) in [5.41, 5.74) is 8.24. The van der Waals surface area contributed by atoms with Crippen molar-refractivity contribution >= 4 is 17.3 Å². The standard InChI is InChI=1S/C41H45ClN4O5/c1-27-31(6-3-7-34(27)35-8-4-9-39(28(35)2)49-17-5-14-46-15-12-32(47)13-16-46)26-51-41-20-40(50-25-30-18-29(21-43)22-44-23-30)36(19-37(41)42)38-11-10-33(48)24-45-38/h3-4,6-9,18-20,22-23,32-33,47-48H,5,10-17,24-26H2,1-2H3. The average Bonchev–Trinajstić information content (AvgIpc) is 3.14. The molecule has 0 amide bonds. The molecule has 2 aliphatic rings. The lowest BCUT2D eigenvalue weighted by Crippen LogP contribution is -2.36. The highest BCUT2D eigenvalue weighted by molar-refractivity contribution is 6.32. The van der Waals surface area contributed by atoms with Crippen LogP contribution in [0.2, 0.25) is 5.02 Å². The Hall–Kier alpha value is -4.46. The number of benzene rings is 3. The van der Waals surface area contributed by atoms with Crippen molar-refractivity contribution in [1.82, 2.24) is 9.88 Å². The minimum Gasteiger partial charge on any atom is -0.493 e. The van der Waals surface area contributed by atoms with E-state index in [4.69, 9.17) is 25.8 Å². The van der Waals surface area contributed by atoms with Crippen LogP contribution < -0.4 is 14.2 Å². The highest BCUT2D eigenvalue weighted by atomic mass is 35.5. The van der Waals surface area contributed by atoms with Crippen molar-refractivity contribution in [3.8, 4) is 34.4 Å². The summed E-state index contributed by atoms with van der Waals surface area (Å²) in [4.78, 5) is 11.2. The van der Waals surface area contributed by atoms with E-state index in [9.17, 15) is 15.5 Å². The van der Waals surface area contributed by atoms with Gasteiger partial charge in [-0.2, -0.15) is 5.26 Å². The van der Waals surface area contributed by atoms with E-state index in [1.54, 1.807) is 18.3 Å². The van der Waals surface area contributed by atoms with E-state index >= 15 is 0 Å². The number of hydrogen-bond donors (Lipinski definition) is 2. The molecule has 6 rings (SSSR count). The zero-order valence-electron chi connectivity index (χ0n) is 29.3. The first-order valence-electron chi connectivity index (χ1n) is 17.7. The Kier molecular flexibility index (Phi) is 12.2. The van der Waals surface area contributed by atoms with Crippen molar-refractivity contribution < 1.29 is 24.4 Å². The molecule has 10 heteroatoms. The maximum absolute atomic E-state index is 10.0. The molecule has 0 aliphatic carbocycles. The van der Waals surface area contributed by atoms with Crippen LogP contribution in [-0.2, 0) is 13.2 Å². The molecule has 1 atom stereocenters. The normalized spacial score (nSPS) is 16.7. The quantitative estimate of drug-likeness (QED) is 0.140. The summed E-state index contributed by atoms with van der Waals surface area (Å²) in [7, 11) is 0. The monoisotopic (exact) mass is 708 g/mol. The number of nitriles is 1. The summed E-state index contributed by atoms with van der Waals surface area (Å²) in [6, 6.07) is 19.9. The van der Waals surface area contributed by atoms with Gasteiger partial charge in [0.2, 0.25) is 0 Å². The van der Waals surface area contributed by atoms with Gasteiger partial charge in [0, 0.05) is 54.9 Å². The third kappa shape index (κ3) is 9.26. The van der Waals surface area contributed by atoms with Crippen molar-refractivity contribution in [2.75, 3.05) is 32.8 Å². The molecule has 51 heavy (non-hydrogen) atoms. The largest absolute Gasteiger partial charge is 0.493 e. The van der Waals surface area contributed by atoms with Gasteiger partial charge in [0.25, 0.3) is 0 Å². The number of ether oxygens (including phenoxy) is 3. The lowest BCUT2D eigenvalue weighted by molar-refractivity contribution is 0.0800. The Morgan fingerprint density at radius 2 is 1.61 bits per heavy atom. The number of aromatic nitrogens is 1. The Labute approximate surface area is 305 Å². The Morgan fingerprint density at radius 1 is 0.843 bits per heavy atom. The molecule has 3 heterocycles. The Balaban J connectivity index is 1.16. The van der Waals surface area contributed by atoms with E-state index in [1.807, 2.05) is 24.3 Å². The highest BCUT2D eigenvalue weighted by Gasteiger charge is 2.21. The third-order valence-electron chi connectivity index (χ3n) is 9.71. The van der Waals surface area contributed by atoms with Crippen LogP contribution >= 0.6 is 11.6 Å². The molecule has 2 aliphatic heterocycles. The summed E-state index contributed by atoms with van der Waals surface area (Å²) >= 11 is 6.82. The number of nitrogens with zero attached hydrogens (tertiary/aromatic N) is 4. The molecular formula is C41H45ClN4O5. The average molecular weight is 709 g/mol. The first kappa shape index (κ1) is 36.3. The molecule has 0 radical (unpaired) electrons. The van der Waals surface area contributed by atoms with Crippen molar-refractivity contribution in [3.63, 3.8) is 0 Å². The molecule has 3 aromatic carbocycles. The van der Waals surface area contributed by atoms with Crippen LogP contribution in [0.5, 0.6) is 17.2 Å². The van der Waals surface area contributed by atoms with Gasteiger partial charge in [0.05, 0.1) is 35.9 Å². The van der Waals surface area contributed by atoms with E-state index in [-0.39, 0.29) is 12.7 Å². The number of pyridine rings is 1. The van der Waals surface area contributed by atoms with Gasteiger partial charge in [0.1, 0.15) is 36.5 Å². The molecule has 0 bridgehead atoms. The van der Waals surface area contributed by atoms with Gasteiger partial charge in [0.15, 0.2) is 0 Å². The molecular weight excluding hydrogens is 664 g/mol. The zero-order valence-corrected chi connectivity index (χ0v) is 30.0.